The molecule has 1 N–H and O–H groups in total. The average Bonchev–Trinajstić information content (AvgIpc) is 3.43. The molecule has 0 bridgehead atoms. The van der Waals surface area contributed by atoms with Crippen LogP contribution in [0.4, 0.5) is 0 Å². The van der Waals surface area contributed by atoms with Crippen molar-refractivity contribution in [1.82, 2.24) is 20.0 Å². The Morgan fingerprint density at radius 3 is 2.60 bits per heavy atom. The van der Waals surface area contributed by atoms with Gasteiger partial charge in [-0.15, -0.1) is 0 Å². The Kier molecular flexibility index (Phi) is 5.11. The molecule has 138 valence electrons. The number of hydrogen-bond donors (Lipinski definition) is 1. The van der Waals surface area contributed by atoms with Crippen LogP contribution >= 0.6 is 0 Å². The van der Waals surface area contributed by atoms with Gasteiger partial charge < -0.3 is 10.2 Å². The fourth-order valence-corrected chi connectivity index (χ4v) is 4.37. The summed E-state index contributed by atoms with van der Waals surface area (Å²) in [5, 5.41) is 8.50. The average molecular weight is 345 g/mol. The minimum absolute atomic E-state index is 0.174. The molecule has 2 aliphatic carbocycles. The number of likely N-dealkylation sites (tertiary alicyclic amines) is 1. The normalized spacial score (nSPS) is 24.0. The van der Waals surface area contributed by atoms with Crippen molar-refractivity contribution in [2.45, 2.75) is 77.3 Å². The van der Waals surface area contributed by atoms with Crippen molar-refractivity contribution < 1.29 is 4.79 Å². The monoisotopic (exact) mass is 344 g/mol. The fourth-order valence-electron chi connectivity index (χ4n) is 4.37. The second-order valence-electron chi connectivity index (χ2n) is 8.09. The number of aromatic nitrogens is 2. The van der Waals surface area contributed by atoms with Gasteiger partial charge in [-0.1, -0.05) is 12.8 Å². The van der Waals surface area contributed by atoms with Crippen LogP contribution in [0.15, 0.2) is 0 Å². The number of fused-ring (bicyclic) bond motifs is 1. The topological polar surface area (TPSA) is 50.2 Å². The molecule has 0 spiro atoms. The van der Waals surface area contributed by atoms with Gasteiger partial charge in [-0.05, 0) is 64.3 Å². The molecule has 2 fully saturated rings. The number of hydrogen-bond acceptors (Lipinski definition) is 3. The van der Waals surface area contributed by atoms with E-state index in [2.05, 4.69) is 21.8 Å². The zero-order valence-corrected chi connectivity index (χ0v) is 15.6. The summed E-state index contributed by atoms with van der Waals surface area (Å²) in [6.07, 6.45) is 10.7. The zero-order chi connectivity index (χ0) is 17.2. The molecular weight excluding hydrogens is 312 g/mol. The highest BCUT2D eigenvalue weighted by Gasteiger charge is 2.31. The van der Waals surface area contributed by atoms with E-state index in [0.29, 0.717) is 6.04 Å². The Hall–Kier alpha value is -1.36. The van der Waals surface area contributed by atoms with E-state index in [1.807, 2.05) is 0 Å². The second-order valence-corrected chi connectivity index (χ2v) is 8.09. The van der Waals surface area contributed by atoms with Crippen molar-refractivity contribution in [3.63, 3.8) is 0 Å². The highest BCUT2D eigenvalue weighted by molar-refractivity contribution is 5.94. The van der Waals surface area contributed by atoms with E-state index in [4.69, 9.17) is 5.10 Å². The van der Waals surface area contributed by atoms with Gasteiger partial charge in [0.15, 0.2) is 5.69 Å². The van der Waals surface area contributed by atoms with Gasteiger partial charge in [0.1, 0.15) is 0 Å². The van der Waals surface area contributed by atoms with Gasteiger partial charge >= 0.3 is 0 Å². The van der Waals surface area contributed by atoms with Gasteiger partial charge in [-0.25, -0.2) is 0 Å². The maximum Gasteiger partial charge on any atom is 0.274 e. The van der Waals surface area contributed by atoms with E-state index in [1.54, 1.807) is 0 Å². The molecular formula is C20H32N4O. The number of carbonyl (C=O) groups is 1. The number of rotatable bonds is 5. The molecule has 5 heteroatoms. The first-order valence-electron chi connectivity index (χ1n) is 10.4. The molecule has 0 radical (unpaired) electrons. The lowest BCUT2D eigenvalue weighted by molar-refractivity contribution is 0.0753. The molecule has 25 heavy (non-hydrogen) atoms. The van der Waals surface area contributed by atoms with E-state index in [9.17, 15) is 4.79 Å². The lowest BCUT2D eigenvalue weighted by Crippen LogP contribution is -2.37. The van der Waals surface area contributed by atoms with Crippen molar-refractivity contribution in [1.29, 1.82) is 0 Å². The molecule has 1 atom stereocenters. The molecule has 0 aromatic carbocycles. The minimum Gasteiger partial charge on any atom is -0.337 e. The van der Waals surface area contributed by atoms with Crippen molar-refractivity contribution >= 4 is 5.91 Å². The van der Waals surface area contributed by atoms with Gasteiger partial charge in [0.2, 0.25) is 0 Å². The van der Waals surface area contributed by atoms with E-state index in [1.165, 1.54) is 43.4 Å². The second kappa shape index (κ2) is 7.48. The molecule has 4 rings (SSSR count). The maximum atomic E-state index is 13.2. The van der Waals surface area contributed by atoms with Crippen LogP contribution < -0.4 is 5.32 Å². The van der Waals surface area contributed by atoms with Gasteiger partial charge in [-0.3, -0.25) is 9.48 Å². The van der Waals surface area contributed by atoms with Gasteiger partial charge in [-0.2, -0.15) is 5.10 Å². The SMILES string of the molecule is CCn1nc(C(=O)N2CCCCCC2)c2c1CCC(NCC1CC1)C2. The highest BCUT2D eigenvalue weighted by atomic mass is 16.2. The molecule has 3 aliphatic rings. The third-order valence-electron chi connectivity index (χ3n) is 6.13. The van der Waals surface area contributed by atoms with E-state index in [0.717, 1.165) is 63.5 Å². The smallest absolute Gasteiger partial charge is 0.274 e. The Labute approximate surface area is 151 Å². The molecule has 1 saturated carbocycles. The molecule has 1 amide bonds. The predicted molar refractivity (Wildman–Crippen MR) is 98.8 cm³/mol. The Morgan fingerprint density at radius 1 is 1.16 bits per heavy atom. The zero-order valence-electron chi connectivity index (χ0n) is 15.6. The maximum absolute atomic E-state index is 13.2. The highest BCUT2D eigenvalue weighted by Crippen LogP contribution is 2.30. The standard InChI is InChI=1S/C20H32N4O/c1-2-24-18-10-9-16(21-14-15-7-8-15)13-17(18)19(22-24)20(25)23-11-5-3-4-6-12-23/h15-16,21H,2-14H2,1H3. The van der Waals surface area contributed by atoms with E-state index < -0.39 is 0 Å². The van der Waals surface area contributed by atoms with Gasteiger partial charge in [0.25, 0.3) is 5.91 Å². The first-order valence-corrected chi connectivity index (χ1v) is 10.4. The summed E-state index contributed by atoms with van der Waals surface area (Å²) in [6.45, 7) is 5.93. The molecule has 2 heterocycles. The van der Waals surface area contributed by atoms with Crippen molar-refractivity contribution in [2.24, 2.45) is 5.92 Å². The molecule has 5 nitrogen and oxygen atoms in total. The van der Waals surface area contributed by atoms with E-state index in [-0.39, 0.29) is 5.91 Å². The fraction of sp³-hybridized carbons (Fsp3) is 0.800. The number of nitrogens with one attached hydrogen (secondary N) is 1. The van der Waals surface area contributed by atoms with Crippen LogP contribution in [0.5, 0.6) is 0 Å². The van der Waals surface area contributed by atoms with Crippen molar-refractivity contribution in [3.05, 3.63) is 17.0 Å². The van der Waals surface area contributed by atoms with E-state index >= 15 is 0 Å². The number of aryl methyl sites for hydroxylation is 1. The van der Waals surface area contributed by atoms with Crippen LogP contribution in [0.1, 0.15) is 73.6 Å². The summed E-state index contributed by atoms with van der Waals surface area (Å²) in [5.41, 5.74) is 3.29. The Bertz CT molecular complexity index is 611. The molecule has 1 unspecified atom stereocenters. The van der Waals surface area contributed by atoms with Crippen molar-refractivity contribution in [3.8, 4) is 0 Å². The number of amides is 1. The number of nitrogens with zero attached hydrogens (tertiary/aromatic N) is 3. The van der Waals surface area contributed by atoms with Crippen LogP contribution in [-0.4, -0.2) is 46.3 Å². The van der Waals surface area contributed by atoms with Crippen LogP contribution in [0.25, 0.3) is 0 Å². The van der Waals surface area contributed by atoms with Crippen LogP contribution in [-0.2, 0) is 19.4 Å². The Morgan fingerprint density at radius 2 is 1.92 bits per heavy atom. The molecule has 1 saturated heterocycles. The Balaban J connectivity index is 1.53. The van der Waals surface area contributed by atoms with Gasteiger partial charge in [0.05, 0.1) is 0 Å². The lowest BCUT2D eigenvalue weighted by Gasteiger charge is -2.25. The van der Waals surface area contributed by atoms with Crippen molar-refractivity contribution in [2.75, 3.05) is 19.6 Å². The largest absolute Gasteiger partial charge is 0.337 e. The molecule has 1 aromatic heterocycles. The lowest BCUT2D eigenvalue weighted by atomic mass is 9.91. The summed E-state index contributed by atoms with van der Waals surface area (Å²) in [4.78, 5) is 15.2. The first-order chi connectivity index (χ1) is 12.3. The first kappa shape index (κ1) is 17.1. The van der Waals surface area contributed by atoms with Crippen LogP contribution in [0, 0.1) is 5.92 Å². The van der Waals surface area contributed by atoms with Crippen LogP contribution in [0.3, 0.4) is 0 Å². The predicted octanol–water partition coefficient (Wildman–Crippen LogP) is 2.78. The third kappa shape index (κ3) is 3.76. The summed E-state index contributed by atoms with van der Waals surface area (Å²) < 4.78 is 2.08. The molecule has 1 aromatic rings. The quantitative estimate of drug-likeness (QED) is 0.893. The van der Waals surface area contributed by atoms with Crippen LogP contribution in [0.2, 0.25) is 0 Å². The van der Waals surface area contributed by atoms with Gasteiger partial charge in [0, 0.05) is 36.9 Å². The molecule has 1 aliphatic heterocycles. The minimum atomic E-state index is 0.174. The number of carbonyl (C=O) groups excluding carboxylic acids is 1. The summed E-state index contributed by atoms with van der Waals surface area (Å²) in [6, 6.07) is 0.512. The summed E-state index contributed by atoms with van der Waals surface area (Å²) >= 11 is 0. The summed E-state index contributed by atoms with van der Waals surface area (Å²) in [7, 11) is 0. The third-order valence-corrected chi connectivity index (χ3v) is 6.13. The summed E-state index contributed by atoms with van der Waals surface area (Å²) in [5.74, 6) is 1.08.